The molecule has 1 saturated heterocycles. The number of likely N-dealkylation sites (tertiary alicyclic amines) is 1. The molecule has 0 spiro atoms. The van der Waals surface area contributed by atoms with Crippen molar-refractivity contribution in [1.29, 1.82) is 0 Å². The van der Waals surface area contributed by atoms with Crippen molar-refractivity contribution in [3.8, 4) is 5.75 Å². The Balaban J connectivity index is 1.72. The van der Waals surface area contributed by atoms with Crippen molar-refractivity contribution in [3.05, 3.63) is 42.1 Å². The Morgan fingerprint density at radius 1 is 1.05 bits per heavy atom. The van der Waals surface area contributed by atoms with Crippen LogP contribution in [-0.2, 0) is 9.47 Å². The summed E-state index contributed by atoms with van der Waals surface area (Å²) in [6.45, 7) is 13.9. The lowest BCUT2D eigenvalue weighted by molar-refractivity contribution is 0.0206. The number of hydrogen-bond donors (Lipinski definition) is 2. The van der Waals surface area contributed by atoms with Crippen molar-refractivity contribution >= 4 is 35.2 Å². The predicted molar refractivity (Wildman–Crippen MR) is 149 cm³/mol. The Hall–Kier alpha value is -4.02. The summed E-state index contributed by atoms with van der Waals surface area (Å²) in [5, 5.41) is 17.8. The van der Waals surface area contributed by atoms with Crippen molar-refractivity contribution in [2.24, 2.45) is 0 Å². The number of fused-ring (bicyclic) bond motifs is 1. The van der Waals surface area contributed by atoms with E-state index in [1.54, 1.807) is 54.6 Å². The molecule has 1 atom stereocenters. The van der Waals surface area contributed by atoms with Crippen molar-refractivity contribution in [1.82, 2.24) is 19.5 Å². The Labute approximate surface area is 228 Å². The summed E-state index contributed by atoms with van der Waals surface area (Å²) in [6.07, 6.45) is 2.33. The zero-order chi connectivity index (χ0) is 28.5. The highest BCUT2D eigenvalue weighted by atomic mass is 16.6. The number of carbonyl (C=O) groups is 2. The van der Waals surface area contributed by atoms with Crippen LogP contribution in [0.2, 0.25) is 0 Å². The highest BCUT2D eigenvalue weighted by Crippen LogP contribution is 2.35. The third-order valence-corrected chi connectivity index (χ3v) is 6.05. The van der Waals surface area contributed by atoms with Gasteiger partial charge in [-0.25, -0.2) is 19.5 Å². The number of benzene rings is 1. The topological polar surface area (TPSA) is 122 Å². The van der Waals surface area contributed by atoms with Crippen molar-refractivity contribution in [2.75, 3.05) is 23.3 Å². The lowest BCUT2D eigenvalue weighted by Crippen LogP contribution is -2.47. The molecule has 39 heavy (non-hydrogen) atoms. The first-order valence-electron chi connectivity index (χ1n) is 13.1. The van der Waals surface area contributed by atoms with Crippen molar-refractivity contribution < 1.29 is 24.2 Å². The van der Waals surface area contributed by atoms with Gasteiger partial charge in [-0.2, -0.15) is 9.61 Å². The van der Waals surface area contributed by atoms with E-state index in [-0.39, 0.29) is 17.9 Å². The summed E-state index contributed by atoms with van der Waals surface area (Å²) in [4.78, 5) is 34.2. The summed E-state index contributed by atoms with van der Waals surface area (Å²) in [7, 11) is 0. The van der Waals surface area contributed by atoms with E-state index in [0.29, 0.717) is 41.6 Å². The van der Waals surface area contributed by atoms with Gasteiger partial charge in [0, 0.05) is 30.8 Å². The third-order valence-electron chi connectivity index (χ3n) is 6.05. The van der Waals surface area contributed by atoms with Crippen LogP contribution in [0.4, 0.5) is 26.9 Å². The molecule has 1 aliphatic heterocycles. The molecule has 3 heterocycles. The number of aromatic hydroxyl groups is 1. The van der Waals surface area contributed by atoms with Gasteiger partial charge in [0.05, 0.1) is 11.9 Å². The number of hydrogen-bond acceptors (Lipinski definition) is 8. The summed E-state index contributed by atoms with van der Waals surface area (Å²) in [6, 6.07) is 7.99. The van der Waals surface area contributed by atoms with Crippen LogP contribution in [0.1, 0.15) is 59.9 Å². The van der Waals surface area contributed by atoms with Gasteiger partial charge in [-0.05, 0) is 85.6 Å². The summed E-state index contributed by atoms with van der Waals surface area (Å²) in [5.74, 6) is 1.10. The summed E-state index contributed by atoms with van der Waals surface area (Å²) in [5.41, 5.74) is 0.374. The van der Waals surface area contributed by atoms with E-state index >= 15 is 0 Å². The molecule has 210 valence electrons. The van der Waals surface area contributed by atoms with Crippen LogP contribution in [0.3, 0.4) is 0 Å². The number of amides is 2. The molecule has 2 aromatic heterocycles. The monoisotopic (exact) mass is 538 g/mol. The molecule has 0 saturated carbocycles. The van der Waals surface area contributed by atoms with Crippen LogP contribution in [-0.4, -0.2) is 67.1 Å². The summed E-state index contributed by atoms with van der Waals surface area (Å²) < 4.78 is 12.9. The quantitative estimate of drug-likeness (QED) is 0.438. The van der Waals surface area contributed by atoms with Crippen LogP contribution in [0, 0.1) is 6.92 Å². The van der Waals surface area contributed by atoms with Crippen LogP contribution in [0.25, 0.3) is 5.65 Å². The van der Waals surface area contributed by atoms with E-state index in [0.717, 1.165) is 12.8 Å². The van der Waals surface area contributed by atoms with Gasteiger partial charge in [-0.15, -0.1) is 0 Å². The molecule has 0 bridgehead atoms. The predicted octanol–water partition coefficient (Wildman–Crippen LogP) is 5.63. The van der Waals surface area contributed by atoms with Crippen LogP contribution in [0.5, 0.6) is 5.75 Å². The van der Waals surface area contributed by atoms with E-state index in [9.17, 15) is 14.7 Å². The smallest absolute Gasteiger partial charge is 0.420 e. The molecule has 0 radical (unpaired) electrons. The lowest BCUT2D eigenvalue weighted by Gasteiger charge is -2.35. The first-order valence-corrected chi connectivity index (χ1v) is 13.1. The SMILES string of the molecule is Cc1c(N[C@H]2CCCN(C(=O)OC(C)(C)C)C2)nc2ccnn2c1N(C(=O)OC(C)(C)C)c1ccc(O)cc1. The second-order valence-electron chi connectivity index (χ2n) is 11.8. The molecule has 0 aliphatic carbocycles. The molecule has 2 amide bonds. The highest BCUT2D eigenvalue weighted by molar-refractivity contribution is 5.97. The average Bonchev–Trinajstić information content (AvgIpc) is 3.28. The van der Waals surface area contributed by atoms with E-state index < -0.39 is 17.3 Å². The van der Waals surface area contributed by atoms with Gasteiger partial charge in [0.1, 0.15) is 22.8 Å². The van der Waals surface area contributed by atoms with Gasteiger partial charge in [-0.1, -0.05) is 0 Å². The second kappa shape index (κ2) is 10.6. The maximum atomic E-state index is 13.6. The Morgan fingerprint density at radius 3 is 2.36 bits per heavy atom. The average molecular weight is 539 g/mol. The number of rotatable bonds is 4. The highest BCUT2D eigenvalue weighted by Gasteiger charge is 2.32. The van der Waals surface area contributed by atoms with Crippen LogP contribution >= 0.6 is 0 Å². The Kier molecular flexibility index (Phi) is 7.63. The van der Waals surface area contributed by atoms with E-state index in [1.165, 1.54) is 17.0 Å². The molecule has 4 rings (SSSR count). The Morgan fingerprint density at radius 2 is 1.72 bits per heavy atom. The Bertz CT molecular complexity index is 1340. The molecule has 0 unspecified atom stereocenters. The van der Waals surface area contributed by atoms with Gasteiger partial charge in [0.25, 0.3) is 0 Å². The van der Waals surface area contributed by atoms with Crippen LogP contribution < -0.4 is 10.2 Å². The van der Waals surface area contributed by atoms with E-state index in [1.807, 2.05) is 27.7 Å². The number of nitrogens with zero attached hydrogens (tertiary/aromatic N) is 5. The molecule has 2 N–H and O–H groups in total. The van der Waals surface area contributed by atoms with Crippen molar-refractivity contribution in [3.63, 3.8) is 0 Å². The number of carbonyl (C=O) groups excluding carboxylic acids is 2. The molecule has 1 fully saturated rings. The number of anilines is 3. The van der Waals surface area contributed by atoms with E-state index in [4.69, 9.17) is 14.5 Å². The summed E-state index contributed by atoms with van der Waals surface area (Å²) >= 11 is 0. The molecule has 11 nitrogen and oxygen atoms in total. The molecule has 3 aromatic rings. The van der Waals surface area contributed by atoms with Crippen molar-refractivity contribution in [2.45, 2.75) is 78.6 Å². The third kappa shape index (κ3) is 6.71. The minimum atomic E-state index is -0.745. The molecular formula is C28H38N6O5. The zero-order valence-corrected chi connectivity index (χ0v) is 23.7. The fraction of sp³-hybridized carbons (Fsp3) is 0.500. The fourth-order valence-corrected chi connectivity index (χ4v) is 4.41. The normalized spacial score (nSPS) is 16.2. The maximum Gasteiger partial charge on any atom is 0.420 e. The largest absolute Gasteiger partial charge is 0.508 e. The van der Waals surface area contributed by atoms with Gasteiger partial charge >= 0.3 is 12.2 Å². The minimum absolute atomic E-state index is 0.0701. The first-order chi connectivity index (χ1) is 18.2. The number of nitrogens with one attached hydrogen (secondary N) is 1. The van der Waals surface area contributed by atoms with E-state index in [2.05, 4.69) is 10.4 Å². The minimum Gasteiger partial charge on any atom is -0.508 e. The number of aromatic nitrogens is 3. The van der Waals surface area contributed by atoms with Crippen LogP contribution in [0.15, 0.2) is 36.5 Å². The maximum absolute atomic E-state index is 13.6. The number of phenols is 1. The van der Waals surface area contributed by atoms with Gasteiger partial charge in [0.2, 0.25) is 0 Å². The van der Waals surface area contributed by atoms with Gasteiger partial charge in [-0.3, -0.25) is 0 Å². The molecule has 11 heteroatoms. The standard InChI is InChI=1S/C28H38N6O5/c1-18-23(30-19-9-8-16-32(17-19)25(36)38-27(2,3)4)31-22-14-15-29-34(22)24(18)33(26(37)39-28(5,6)7)20-10-12-21(35)13-11-20/h10-15,19,35H,8-9,16-17H2,1-7H3,(H,30,31)/t19-/m0/s1. The first kappa shape index (κ1) is 28.0. The number of piperidine rings is 1. The molecular weight excluding hydrogens is 500 g/mol. The zero-order valence-electron chi connectivity index (χ0n) is 23.7. The molecule has 1 aliphatic rings. The van der Waals surface area contributed by atoms with Gasteiger partial charge < -0.3 is 24.8 Å². The number of ether oxygens (including phenoxy) is 2. The lowest BCUT2D eigenvalue weighted by atomic mass is 10.1. The second-order valence-corrected chi connectivity index (χ2v) is 11.8. The molecule has 1 aromatic carbocycles. The van der Waals surface area contributed by atoms with Gasteiger partial charge in [0.15, 0.2) is 11.5 Å². The fourth-order valence-electron chi connectivity index (χ4n) is 4.41. The number of phenolic OH excluding ortho intramolecular Hbond substituents is 1.